The quantitative estimate of drug-likeness (QED) is 0.151. The van der Waals surface area contributed by atoms with Gasteiger partial charge in [0.25, 0.3) is 11.5 Å². The minimum Gasteiger partial charge on any atom is -0.493 e. The number of carbonyl (C=O) groups is 2. The monoisotopic (exact) mass is 682 g/mol. The molecule has 0 radical (unpaired) electrons. The molecule has 3 aliphatic rings. The maximum Gasteiger partial charge on any atom is 0.430 e. The number of imide groups is 1. The minimum absolute atomic E-state index is 0.00268. The second kappa shape index (κ2) is 13.7. The number of alkyl halides is 6. The van der Waals surface area contributed by atoms with Crippen molar-refractivity contribution in [3.63, 3.8) is 0 Å². The second-order valence-corrected chi connectivity index (χ2v) is 11.9. The normalized spacial score (nSPS) is 21.5. The van der Waals surface area contributed by atoms with Gasteiger partial charge in [-0.1, -0.05) is 49.4 Å². The van der Waals surface area contributed by atoms with E-state index in [0.717, 1.165) is 16.5 Å². The number of amides is 3. The van der Waals surface area contributed by atoms with Gasteiger partial charge in [-0.3, -0.25) is 9.69 Å². The van der Waals surface area contributed by atoms with E-state index in [9.17, 15) is 41.0 Å². The van der Waals surface area contributed by atoms with Crippen molar-refractivity contribution in [2.24, 2.45) is 5.92 Å². The summed E-state index contributed by atoms with van der Waals surface area (Å²) >= 11 is 0. The van der Waals surface area contributed by atoms with Gasteiger partial charge in [-0.2, -0.15) is 26.3 Å². The van der Waals surface area contributed by atoms with Crippen LogP contribution in [-0.2, 0) is 32.7 Å². The third-order valence-electron chi connectivity index (χ3n) is 9.03. The van der Waals surface area contributed by atoms with Crippen LogP contribution in [0.2, 0.25) is 0 Å². The molecule has 0 saturated carbocycles. The van der Waals surface area contributed by atoms with Crippen LogP contribution in [0.5, 0.6) is 5.75 Å². The molecule has 2 aromatic carbocycles. The van der Waals surface area contributed by atoms with E-state index in [2.05, 4.69) is 5.32 Å². The first-order valence-electron chi connectivity index (χ1n) is 15.7. The third kappa shape index (κ3) is 6.71. The fourth-order valence-electron chi connectivity index (χ4n) is 6.29. The average molecular weight is 683 g/mol. The Morgan fingerprint density at radius 1 is 0.979 bits per heavy atom. The van der Waals surface area contributed by atoms with Crippen LogP contribution in [0.15, 0.2) is 72.2 Å². The van der Waals surface area contributed by atoms with Gasteiger partial charge in [-0.15, -0.1) is 0 Å². The lowest BCUT2D eigenvalue weighted by Crippen LogP contribution is -2.53. The van der Waals surface area contributed by atoms with Crippen LogP contribution in [0, 0.1) is 5.92 Å². The summed E-state index contributed by atoms with van der Waals surface area (Å²) in [6.07, 6.45) is -6.75. The molecular weight excluding hydrogens is 646 g/mol. The molecule has 0 bridgehead atoms. The van der Waals surface area contributed by atoms with Crippen LogP contribution < -0.4 is 10.1 Å². The zero-order chi connectivity index (χ0) is 34.7. The molecule has 1 saturated heterocycles. The lowest BCUT2D eigenvalue weighted by atomic mass is 9.77. The topological polar surface area (TPSA) is 97.3 Å². The van der Waals surface area contributed by atoms with Crippen LogP contribution >= 0.6 is 0 Å². The number of unbranched alkanes of at least 4 members (excludes halogenated alkanes) is 1. The Hall–Kier alpha value is -4.20. The van der Waals surface area contributed by atoms with Crippen molar-refractivity contribution in [2.75, 3.05) is 26.4 Å². The van der Waals surface area contributed by atoms with Gasteiger partial charge >= 0.3 is 18.4 Å². The number of hydrogen-bond acceptors (Lipinski definition) is 6. The molecular formula is C34H36F6N2O6. The lowest BCUT2D eigenvalue weighted by Gasteiger charge is -2.36. The van der Waals surface area contributed by atoms with E-state index in [-0.39, 0.29) is 49.1 Å². The SMILES string of the molecule is CCC1(C2C=CC3=C(C2)OCCO3)NC(=O)N(CCCCOc2ccc(C(O)(C(F)(F)F)C(F)(F)F)cc2CCc2ccccc2)C1=O. The zero-order valence-corrected chi connectivity index (χ0v) is 26.1. The van der Waals surface area contributed by atoms with Crippen molar-refractivity contribution in [3.8, 4) is 5.75 Å². The summed E-state index contributed by atoms with van der Waals surface area (Å²) in [4.78, 5) is 27.7. The van der Waals surface area contributed by atoms with E-state index < -0.39 is 35.1 Å². The minimum atomic E-state index is -6.02. The number of ether oxygens (including phenoxy) is 3. The highest BCUT2D eigenvalue weighted by atomic mass is 19.4. The van der Waals surface area contributed by atoms with E-state index in [1.54, 1.807) is 36.4 Å². The fourth-order valence-corrected chi connectivity index (χ4v) is 6.29. The number of urea groups is 1. The molecule has 2 heterocycles. The summed E-state index contributed by atoms with van der Waals surface area (Å²) < 4.78 is 98.8. The smallest absolute Gasteiger partial charge is 0.430 e. The molecule has 2 aromatic rings. The molecule has 260 valence electrons. The summed E-state index contributed by atoms with van der Waals surface area (Å²) in [6.45, 7) is 2.72. The van der Waals surface area contributed by atoms with E-state index in [4.69, 9.17) is 14.2 Å². The summed E-state index contributed by atoms with van der Waals surface area (Å²) in [6, 6.07) is 10.5. The number of rotatable bonds is 12. The van der Waals surface area contributed by atoms with Crippen LogP contribution in [-0.4, -0.2) is 66.2 Å². The van der Waals surface area contributed by atoms with Gasteiger partial charge in [0.2, 0.25) is 0 Å². The molecule has 2 aliphatic heterocycles. The predicted octanol–water partition coefficient (Wildman–Crippen LogP) is 6.48. The van der Waals surface area contributed by atoms with Crippen LogP contribution in [0.25, 0.3) is 0 Å². The maximum absolute atomic E-state index is 13.6. The summed E-state index contributed by atoms with van der Waals surface area (Å²) in [5.74, 6) is 0.598. The molecule has 2 unspecified atom stereocenters. The average Bonchev–Trinajstić information content (AvgIpc) is 3.31. The van der Waals surface area contributed by atoms with E-state index in [0.29, 0.717) is 62.5 Å². The Morgan fingerprint density at radius 2 is 1.69 bits per heavy atom. The van der Waals surface area contributed by atoms with Gasteiger partial charge in [-0.25, -0.2) is 4.79 Å². The zero-order valence-electron chi connectivity index (χ0n) is 26.1. The highest BCUT2D eigenvalue weighted by Gasteiger charge is 2.71. The van der Waals surface area contributed by atoms with Gasteiger partial charge in [0, 0.05) is 24.4 Å². The Kier molecular flexibility index (Phi) is 10.0. The van der Waals surface area contributed by atoms with Crippen molar-refractivity contribution in [1.29, 1.82) is 0 Å². The molecule has 48 heavy (non-hydrogen) atoms. The van der Waals surface area contributed by atoms with Gasteiger partial charge in [0.15, 0.2) is 5.76 Å². The number of carbonyl (C=O) groups excluding carboxylic acids is 2. The highest BCUT2D eigenvalue weighted by molar-refractivity contribution is 6.07. The molecule has 8 nitrogen and oxygen atoms in total. The Morgan fingerprint density at radius 3 is 2.38 bits per heavy atom. The van der Waals surface area contributed by atoms with E-state index in [1.807, 2.05) is 13.0 Å². The van der Waals surface area contributed by atoms with Crippen molar-refractivity contribution < 1.29 is 55.2 Å². The van der Waals surface area contributed by atoms with E-state index >= 15 is 0 Å². The maximum atomic E-state index is 13.6. The Bertz CT molecular complexity index is 1540. The van der Waals surface area contributed by atoms with Crippen LogP contribution in [0.1, 0.15) is 49.3 Å². The predicted molar refractivity (Wildman–Crippen MR) is 160 cm³/mol. The molecule has 1 fully saturated rings. The molecule has 2 N–H and O–H groups in total. The molecule has 0 spiro atoms. The first-order chi connectivity index (χ1) is 22.7. The van der Waals surface area contributed by atoms with Gasteiger partial charge in [-0.05, 0) is 61.4 Å². The summed E-state index contributed by atoms with van der Waals surface area (Å²) in [5, 5.41) is 12.8. The number of nitrogens with one attached hydrogen (secondary N) is 1. The van der Waals surface area contributed by atoms with Crippen molar-refractivity contribution in [2.45, 2.75) is 68.9 Å². The van der Waals surface area contributed by atoms with Crippen LogP contribution in [0.3, 0.4) is 0 Å². The van der Waals surface area contributed by atoms with Gasteiger partial charge < -0.3 is 24.6 Å². The van der Waals surface area contributed by atoms with Crippen molar-refractivity contribution >= 4 is 11.9 Å². The first kappa shape index (κ1) is 35.1. The summed E-state index contributed by atoms with van der Waals surface area (Å²) in [5.41, 5.74) is -6.74. The fraction of sp³-hybridized carbons (Fsp3) is 0.471. The number of benzene rings is 2. The molecule has 2 atom stereocenters. The summed E-state index contributed by atoms with van der Waals surface area (Å²) in [7, 11) is 0. The van der Waals surface area contributed by atoms with Crippen LogP contribution in [0.4, 0.5) is 31.1 Å². The highest BCUT2D eigenvalue weighted by Crippen LogP contribution is 2.50. The molecule has 0 aromatic heterocycles. The van der Waals surface area contributed by atoms with E-state index in [1.165, 1.54) is 0 Å². The van der Waals surface area contributed by atoms with Gasteiger partial charge in [0.05, 0.1) is 6.61 Å². The largest absolute Gasteiger partial charge is 0.493 e. The second-order valence-electron chi connectivity index (χ2n) is 11.9. The first-order valence-corrected chi connectivity index (χ1v) is 15.7. The van der Waals surface area contributed by atoms with Gasteiger partial charge in [0.1, 0.15) is 30.3 Å². The lowest BCUT2D eigenvalue weighted by molar-refractivity contribution is -0.376. The Labute approximate surface area is 273 Å². The Balaban J connectivity index is 1.24. The van der Waals surface area contributed by atoms with Crippen molar-refractivity contribution in [1.82, 2.24) is 10.2 Å². The number of aliphatic hydroxyl groups is 1. The standard InChI is InChI=1S/C34H36F6N2O6/c1-2-31(24-12-15-27-28(21-24)48-19-18-47-27)29(43)42(30(44)41-31)16-6-7-17-46-26-14-13-25(32(45,33(35,36)37)34(38,39)40)20-23(26)11-10-22-8-4-3-5-9-22/h3-5,8-9,12-15,20,24,45H,2,6-7,10-11,16-19,21H2,1H3,(H,41,44). The number of halogens is 6. The number of hydrogen-bond donors (Lipinski definition) is 2. The third-order valence-corrected chi connectivity index (χ3v) is 9.03. The number of allylic oxidation sites excluding steroid dienone is 2. The molecule has 5 rings (SSSR count). The molecule has 14 heteroatoms. The number of aryl methyl sites for hydroxylation is 2. The molecule has 1 aliphatic carbocycles. The molecule has 3 amide bonds. The van der Waals surface area contributed by atoms with Crippen molar-refractivity contribution in [3.05, 3.63) is 88.9 Å². The number of nitrogens with zero attached hydrogens (tertiary/aromatic N) is 1.